The van der Waals surface area contributed by atoms with E-state index in [0.717, 1.165) is 12.8 Å². The molecule has 0 fully saturated rings. The zero-order valence-corrected chi connectivity index (χ0v) is 20.3. The molecule has 0 aromatic heterocycles. The van der Waals surface area contributed by atoms with Crippen molar-refractivity contribution in [3.05, 3.63) is 0 Å². The molecule has 0 rings (SSSR count). The topological polar surface area (TPSA) is 35.5 Å². The van der Waals surface area contributed by atoms with Crippen LogP contribution in [0.2, 0.25) is 0 Å². The van der Waals surface area contributed by atoms with Crippen LogP contribution in [0.25, 0.3) is 0 Å². The van der Waals surface area contributed by atoms with Crippen LogP contribution in [0.15, 0.2) is 0 Å². The van der Waals surface area contributed by atoms with E-state index in [1.807, 2.05) is 34.6 Å². The van der Waals surface area contributed by atoms with Gasteiger partial charge in [-0.2, -0.15) is 0 Å². The molecule has 1 unspecified atom stereocenters. The second-order valence-electron chi connectivity index (χ2n) is 11.1. The van der Waals surface area contributed by atoms with Gasteiger partial charge in [0.2, 0.25) is 0 Å². The molecule has 0 radical (unpaired) electrons. The van der Waals surface area contributed by atoms with E-state index in [9.17, 15) is 4.79 Å². The zero-order chi connectivity index (χ0) is 21.5. The number of rotatable bonds is 12. The molecule has 1 atom stereocenters. The summed E-state index contributed by atoms with van der Waals surface area (Å²) in [5.41, 5.74) is -1.98. The standard InChI is InChI=1S/C24H48O3/c1-12-13-14-15-16-17-18-19(23(8,9)27-22(5,6)7)26-24(10,11)20(25)21(2,3)4/h19H,12-18H2,1-11H3. The molecule has 162 valence electrons. The first-order valence-electron chi connectivity index (χ1n) is 11.0. The van der Waals surface area contributed by atoms with Crippen LogP contribution in [-0.4, -0.2) is 28.7 Å². The number of hydrogen-bond donors (Lipinski definition) is 0. The molecule has 0 amide bonds. The molecule has 0 aliphatic heterocycles. The molecule has 27 heavy (non-hydrogen) atoms. The molecule has 0 heterocycles. The maximum Gasteiger partial charge on any atom is 0.169 e. The molecule has 0 spiro atoms. The summed E-state index contributed by atoms with van der Waals surface area (Å²) in [5.74, 6) is 0.134. The smallest absolute Gasteiger partial charge is 0.169 e. The SMILES string of the molecule is CCCCCCCCC(OC(C)(C)C(=O)C(C)(C)C)C(C)(C)OC(C)(C)C. The highest BCUT2D eigenvalue weighted by molar-refractivity contribution is 5.91. The van der Waals surface area contributed by atoms with E-state index in [1.165, 1.54) is 32.1 Å². The van der Waals surface area contributed by atoms with Crippen LogP contribution in [0.5, 0.6) is 0 Å². The number of carbonyl (C=O) groups is 1. The molecule has 0 aliphatic carbocycles. The number of hydrogen-bond acceptors (Lipinski definition) is 3. The Balaban J connectivity index is 5.20. The van der Waals surface area contributed by atoms with Crippen LogP contribution in [0.4, 0.5) is 0 Å². The van der Waals surface area contributed by atoms with E-state index < -0.39 is 16.6 Å². The Kier molecular flexibility index (Phi) is 10.2. The van der Waals surface area contributed by atoms with Crippen molar-refractivity contribution < 1.29 is 14.3 Å². The van der Waals surface area contributed by atoms with Crippen molar-refractivity contribution in [2.24, 2.45) is 5.41 Å². The fourth-order valence-corrected chi connectivity index (χ4v) is 3.83. The quantitative estimate of drug-likeness (QED) is 0.336. The van der Waals surface area contributed by atoms with Gasteiger partial charge in [-0.3, -0.25) is 4.79 Å². The van der Waals surface area contributed by atoms with Crippen molar-refractivity contribution in [1.82, 2.24) is 0 Å². The summed E-state index contributed by atoms with van der Waals surface area (Å²) in [6.07, 6.45) is 8.25. The Labute approximate surface area is 170 Å². The zero-order valence-electron chi connectivity index (χ0n) is 20.3. The Morgan fingerprint density at radius 1 is 0.778 bits per heavy atom. The third-order valence-corrected chi connectivity index (χ3v) is 4.83. The Bertz CT molecular complexity index is 436. The molecule has 3 heteroatoms. The normalized spacial score (nSPS) is 15.1. The van der Waals surface area contributed by atoms with Gasteiger partial charge in [-0.25, -0.2) is 0 Å². The summed E-state index contributed by atoms with van der Waals surface area (Å²) in [5, 5.41) is 0. The van der Waals surface area contributed by atoms with Crippen LogP contribution in [0, 0.1) is 5.41 Å². The summed E-state index contributed by atoms with van der Waals surface area (Å²) in [6.45, 7) is 22.3. The van der Waals surface area contributed by atoms with Crippen LogP contribution in [-0.2, 0) is 14.3 Å². The summed E-state index contributed by atoms with van der Waals surface area (Å²) >= 11 is 0. The average Bonchev–Trinajstić information content (AvgIpc) is 2.45. The molecule has 0 saturated heterocycles. The van der Waals surface area contributed by atoms with Crippen molar-refractivity contribution in [3.8, 4) is 0 Å². The highest BCUT2D eigenvalue weighted by atomic mass is 16.6. The number of carbonyl (C=O) groups excluding carboxylic acids is 1. The summed E-state index contributed by atoms with van der Waals surface area (Å²) in [6, 6.07) is 0. The van der Waals surface area contributed by atoms with E-state index in [1.54, 1.807) is 0 Å². The van der Waals surface area contributed by atoms with Gasteiger partial charge in [0.05, 0.1) is 17.3 Å². The van der Waals surface area contributed by atoms with Gasteiger partial charge < -0.3 is 9.47 Å². The van der Waals surface area contributed by atoms with Crippen LogP contribution >= 0.6 is 0 Å². The van der Waals surface area contributed by atoms with E-state index in [0.29, 0.717) is 0 Å². The van der Waals surface area contributed by atoms with Gasteiger partial charge in [-0.05, 0) is 54.9 Å². The van der Waals surface area contributed by atoms with Crippen molar-refractivity contribution >= 4 is 5.78 Å². The van der Waals surface area contributed by atoms with Crippen LogP contribution in [0.1, 0.15) is 121 Å². The van der Waals surface area contributed by atoms with E-state index >= 15 is 0 Å². The largest absolute Gasteiger partial charge is 0.367 e. The lowest BCUT2D eigenvalue weighted by Crippen LogP contribution is -2.52. The first kappa shape index (κ1) is 26.6. The van der Waals surface area contributed by atoms with Crippen molar-refractivity contribution in [2.75, 3.05) is 0 Å². The van der Waals surface area contributed by atoms with E-state index in [2.05, 4.69) is 41.5 Å². The third-order valence-electron chi connectivity index (χ3n) is 4.83. The third kappa shape index (κ3) is 10.6. The van der Waals surface area contributed by atoms with Gasteiger partial charge in [-0.15, -0.1) is 0 Å². The lowest BCUT2D eigenvalue weighted by Gasteiger charge is -2.43. The predicted octanol–water partition coefficient (Wildman–Crippen LogP) is 7.11. The monoisotopic (exact) mass is 384 g/mol. The van der Waals surface area contributed by atoms with Gasteiger partial charge in [0, 0.05) is 5.41 Å². The maximum absolute atomic E-state index is 12.9. The fourth-order valence-electron chi connectivity index (χ4n) is 3.83. The minimum absolute atomic E-state index is 0.121. The molecular formula is C24H48O3. The summed E-state index contributed by atoms with van der Waals surface area (Å²) in [7, 11) is 0. The number of ketones is 1. The van der Waals surface area contributed by atoms with Gasteiger partial charge in [0.25, 0.3) is 0 Å². The molecule has 0 N–H and O–H groups in total. The van der Waals surface area contributed by atoms with E-state index in [4.69, 9.17) is 9.47 Å². The highest BCUT2D eigenvalue weighted by Crippen LogP contribution is 2.34. The lowest BCUT2D eigenvalue weighted by atomic mass is 9.81. The molecule has 0 saturated carbocycles. The molecule has 0 aromatic rings. The second kappa shape index (κ2) is 10.4. The Hall–Kier alpha value is -0.410. The second-order valence-corrected chi connectivity index (χ2v) is 11.1. The first-order valence-corrected chi connectivity index (χ1v) is 11.0. The predicted molar refractivity (Wildman–Crippen MR) is 116 cm³/mol. The summed E-state index contributed by atoms with van der Waals surface area (Å²) < 4.78 is 12.8. The van der Waals surface area contributed by atoms with Gasteiger partial charge in [0.15, 0.2) is 5.78 Å². The average molecular weight is 385 g/mol. The molecule has 0 aromatic carbocycles. The number of ether oxygens (including phenoxy) is 2. The van der Waals surface area contributed by atoms with Crippen LogP contribution in [0.3, 0.4) is 0 Å². The molecule has 0 bridgehead atoms. The molecular weight excluding hydrogens is 336 g/mol. The minimum Gasteiger partial charge on any atom is -0.367 e. The van der Waals surface area contributed by atoms with Gasteiger partial charge in [-0.1, -0.05) is 66.2 Å². The Morgan fingerprint density at radius 3 is 1.70 bits per heavy atom. The highest BCUT2D eigenvalue weighted by Gasteiger charge is 2.43. The Morgan fingerprint density at radius 2 is 1.26 bits per heavy atom. The van der Waals surface area contributed by atoms with Crippen molar-refractivity contribution in [3.63, 3.8) is 0 Å². The van der Waals surface area contributed by atoms with Gasteiger partial charge in [0.1, 0.15) is 5.60 Å². The lowest BCUT2D eigenvalue weighted by molar-refractivity contribution is -0.212. The van der Waals surface area contributed by atoms with Crippen molar-refractivity contribution in [2.45, 2.75) is 144 Å². The number of unbranched alkanes of at least 4 members (excludes halogenated alkanes) is 5. The minimum atomic E-state index is -0.830. The van der Waals surface area contributed by atoms with Gasteiger partial charge >= 0.3 is 0 Å². The van der Waals surface area contributed by atoms with Crippen LogP contribution < -0.4 is 0 Å². The first-order chi connectivity index (χ1) is 12.0. The maximum atomic E-state index is 12.9. The number of Topliss-reactive ketones (excluding diaryl/α,β-unsaturated/α-hetero) is 1. The summed E-state index contributed by atoms with van der Waals surface area (Å²) in [4.78, 5) is 12.9. The molecule has 0 aliphatic rings. The molecule has 3 nitrogen and oxygen atoms in total. The van der Waals surface area contributed by atoms with Crippen molar-refractivity contribution in [1.29, 1.82) is 0 Å². The van der Waals surface area contributed by atoms with E-state index in [-0.39, 0.29) is 17.5 Å². The fraction of sp³-hybridized carbons (Fsp3) is 0.958.